The Labute approximate surface area is 349 Å². The number of fused-ring (bicyclic) bond motifs is 4. The summed E-state index contributed by atoms with van der Waals surface area (Å²) in [6.45, 7) is 2.69. The molecule has 60 heavy (non-hydrogen) atoms. The minimum absolute atomic E-state index is 0.00981. The number of nitrogens with zero attached hydrogens (tertiary/aromatic N) is 5. The van der Waals surface area contributed by atoms with Crippen LogP contribution in [0.5, 0.6) is 5.75 Å². The van der Waals surface area contributed by atoms with Crippen molar-refractivity contribution in [3.05, 3.63) is 126 Å². The minimum atomic E-state index is -0.519. The summed E-state index contributed by atoms with van der Waals surface area (Å²) in [6.07, 6.45) is 13.5. The van der Waals surface area contributed by atoms with Crippen molar-refractivity contribution in [1.29, 1.82) is 0 Å². The largest absolute Gasteiger partial charge is 0.487 e. The van der Waals surface area contributed by atoms with E-state index in [0.29, 0.717) is 11.8 Å². The zero-order chi connectivity index (χ0) is 40.0. The Kier molecular flexibility index (Phi) is 8.24. The first kappa shape index (κ1) is 35.9. The lowest BCUT2D eigenvalue weighted by molar-refractivity contribution is -0.121. The third-order valence-corrected chi connectivity index (χ3v) is 14.7. The summed E-state index contributed by atoms with van der Waals surface area (Å²) in [6, 6.07) is 33.6. The smallest absolute Gasteiger partial charge is 0.235 e. The number of carbonyl (C=O) groups excluding carboxylic acids is 2. The van der Waals surface area contributed by atoms with Crippen LogP contribution in [0.1, 0.15) is 86.8 Å². The van der Waals surface area contributed by atoms with E-state index >= 15 is 0 Å². The van der Waals surface area contributed by atoms with Gasteiger partial charge in [-0.25, -0.2) is 9.36 Å². The molecule has 2 amide bonds. The lowest BCUT2D eigenvalue weighted by Gasteiger charge is -2.25. The summed E-state index contributed by atoms with van der Waals surface area (Å²) in [5, 5.41) is 16.1. The molecule has 0 radical (unpaired) electrons. The molecular weight excluding hydrogens is 747 g/mol. The third kappa shape index (κ3) is 5.70. The maximum atomic E-state index is 14.2. The standard InChI is InChI=1S/C50H49N7O3/c58-47-49(19-7-8-20-49)41-27-35(43-17-23-52-57(43)37-11-5-2-6-12-37)28-44(46(41)54-47)60-38-18-24-55(31-38)30-32-15-21-50(29-32)40-26-34(25-39(33-13-14-33)45(40)53-48(50)59)42-16-22-51-56(42)36-9-3-1-4-10-36/h1-6,9-12,16-17,22-23,25-28,32-33,38H,7-8,13-15,18-21,24,29-31H2,(H,53,59)(H,54,58). The molecule has 6 aromatic rings. The molecule has 5 heterocycles. The van der Waals surface area contributed by atoms with E-state index in [9.17, 15) is 9.59 Å². The predicted octanol–water partition coefficient (Wildman–Crippen LogP) is 9.18. The number of nitrogens with one attached hydrogen (secondary N) is 2. The lowest BCUT2D eigenvalue weighted by Crippen LogP contribution is -2.33. The Balaban J connectivity index is 0.801. The van der Waals surface area contributed by atoms with Gasteiger partial charge in [0.25, 0.3) is 0 Å². The Hall–Kier alpha value is -6.00. The summed E-state index contributed by atoms with van der Waals surface area (Å²) in [5.74, 6) is 1.92. The van der Waals surface area contributed by atoms with E-state index in [1.54, 1.807) is 0 Å². The number of rotatable bonds is 9. The first-order valence-electron chi connectivity index (χ1n) is 22.0. The van der Waals surface area contributed by atoms with Crippen molar-refractivity contribution in [2.75, 3.05) is 30.3 Å². The molecule has 4 aromatic carbocycles. The number of amides is 2. The molecule has 302 valence electrons. The van der Waals surface area contributed by atoms with Crippen LogP contribution in [0.15, 0.2) is 109 Å². The molecular formula is C50H49N7O3. The minimum Gasteiger partial charge on any atom is -0.487 e. The molecule has 3 aliphatic carbocycles. The van der Waals surface area contributed by atoms with Gasteiger partial charge < -0.3 is 15.4 Å². The topological polar surface area (TPSA) is 106 Å². The van der Waals surface area contributed by atoms with Crippen molar-refractivity contribution in [2.45, 2.75) is 87.1 Å². The second-order valence-electron chi connectivity index (χ2n) is 18.3. The molecule has 12 rings (SSSR count). The fourth-order valence-electron chi connectivity index (χ4n) is 11.5. The molecule has 1 saturated heterocycles. The molecule has 3 unspecified atom stereocenters. The molecule has 10 heteroatoms. The fourth-order valence-corrected chi connectivity index (χ4v) is 11.5. The zero-order valence-corrected chi connectivity index (χ0v) is 33.8. The quantitative estimate of drug-likeness (QED) is 0.151. The Morgan fingerprint density at radius 1 is 0.667 bits per heavy atom. The summed E-state index contributed by atoms with van der Waals surface area (Å²) in [7, 11) is 0. The van der Waals surface area contributed by atoms with Gasteiger partial charge in [0.1, 0.15) is 11.9 Å². The van der Waals surface area contributed by atoms with Gasteiger partial charge in [-0.05, 0) is 141 Å². The first-order chi connectivity index (χ1) is 29.5. The van der Waals surface area contributed by atoms with Gasteiger partial charge in [-0.1, -0.05) is 49.2 Å². The molecule has 10 nitrogen and oxygen atoms in total. The highest BCUT2D eigenvalue weighted by Crippen LogP contribution is 2.57. The fraction of sp³-hybridized carbons (Fsp3) is 0.360. The van der Waals surface area contributed by atoms with Gasteiger partial charge in [0.15, 0.2) is 0 Å². The maximum absolute atomic E-state index is 14.2. The van der Waals surface area contributed by atoms with E-state index < -0.39 is 10.8 Å². The molecule has 0 bridgehead atoms. The Morgan fingerprint density at radius 2 is 1.28 bits per heavy atom. The van der Waals surface area contributed by atoms with Crippen molar-refractivity contribution < 1.29 is 14.3 Å². The van der Waals surface area contributed by atoms with Crippen LogP contribution in [-0.2, 0) is 20.4 Å². The zero-order valence-electron chi connectivity index (χ0n) is 33.8. The van der Waals surface area contributed by atoms with Crippen LogP contribution in [0, 0.1) is 5.92 Å². The molecule has 4 fully saturated rings. The maximum Gasteiger partial charge on any atom is 0.235 e. The van der Waals surface area contributed by atoms with E-state index in [-0.39, 0.29) is 17.9 Å². The number of benzene rings is 4. The van der Waals surface area contributed by atoms with Crippen LogP contribution in [0.4, 0.5) is 11.4 Å². The average Bonchev–Trinajstić information content (AvgIpc) is 4.00. The van der Waals surface area contributed by atoms with Crippen LogP contribution in [0.25, 0.3) is 33.9 Å². The highest BCUT2D eigenvalue weighted by Gasteiger charge is 2.54. The summed E-state index contributed by atoms with van der Waals surface area (Å²) in [4.78, 5) is 30.5. The normalized spacial score (nSPS) is 24.0. The van der Waals surface area contributed by atoms with Gasteiger partial charge in [0.05, 0.1) is 51.7 Å². The van der Waals surface area contributed by atoms with Gasteiger partial charge in [0.2, 0.25) is 11.8 Å². The summed E-state index contributed by atoms with van der Waals surface area (Å²) in [5.41, 5.74) is 10.6. The predicted molar refractivity (Wildman–Crippen MR) is 232 cm³/mol. The summed E-state index contributed by atoms with van der Waals surface area (Å²) < 4.78 is 11.0. The van der Waals surface area contributed by atoms with Crippen molar-refractivity contribution in [3.8, 4) is 39.6 Å². The second-order valence-corrected chi connectivity index (χ2v) is 18.3. The lowest BCUT2D eigenvalue weighted by atomic mass is 9.77. The molecule has 3 atom stereocenters. The van der Waals surface area contributed by atoms with Crippen LogP contribution < -0.4 is 15.4 Å². The van der Waals surface area contributed by atoms with Crippen LogP contribution in [0.3, 0.4) is 0 Å². The van der Waals surface area contributed by atoms with Crippen molar-refractivity contribution in [2.24, 2.45) is 5.92 Å². The van der Waals surface area contributed by atoms with E-state index in [0.717, 1.165) is 140 Å². The molecule has 2 aromatic heterocycles. The molecule has 2 N–H and O–H groups in total. The van der Waals surface area contributed by atoms with Gasteiger partial charge >= 0.3 is 0 Å². The number of likely N-dealkylation sites (tertiary alicyclic amines) is 1. The number of aromatic nitrogens is 4. The monoisotopic (exact) mass is 795 g/mol. The molecule has 2 spiro atoms. The van der Waals surface area contributed by atoms with Gasteiger partial charge in [-0.3, -0.25) is 14.5 Å². The van der Waals surface area contributed by atoms with E-state index in [1.165, 1.54) is 11.1 Å². The number of para-hydroxylation sites is 2. The number of hydrogen-bond donors (Lipinski definition) is 2. The van der Waals surface area contributed by atoms with Crippen molar-refractivity contribution in [1.82, 2.24) is 24.5 Å². The van der Waals surface area contributed by atoms with Crippen molar-refractivity contribution in [3.63, 3.8) is 0 Å². The van der Waals surface area contributed by atoms with Crippen LogP contribution in [0.2, 0.25) is 0 Å². The van der Waals surface area contributed by atoms with Gasteiger partial charge in [-0.15, -0.1) is 0 Å². The molecule has 3 saturated carbocycles. The second kappa shape index (κ2) is 13.8. The average molecular weight is 796 g/mol. The van der Waals surface area contributed by atoms with E-state index in [4.69, 9.17) is 14.9 Å². The van der Waals surface area contributed by atoms with Crippen LogP contribution in [-0.4, -0.2) is 62.0 Å². The summed E-state index contributed by atoms with van der Waals surface area (Å²) >= 11 is 0. The molecule has 3 aliphatic heterocycles. The Bertz CT molecular complexity index is 2660. The van der Waals surface area contributed by atoms with Crippen LogP contribution >= 0.6 is 0 Å². The first-order valence-corrected chi connectivity index (χ1v) is 22.0. The number of carbonyl (C=O) groups is 2. The van der Waals surface area contributed by atoms with Gasteiger partial charge in [-0.2, -0.15) is 10.2 Å². The number of hydrogen-bond acceptors (Lipinski definition) is 6. The van der Waals surface area contributed by atoms with E-state index in [1.807, 2.05) is 64.2 Å². The highest BCUT2D eigenvalue weighted by molar-refractivity contribution is 6.09. The van der Waals surface area contributed by atoms with E-state index in [2.05, 4.69) is 70.1 Å². The van der Waals surface area contributed by atoms with Gasteiger partial charge in [0, 0.05) is 36.4 Å². The Morgan fingerprint density at radius 3 is 1.95 bits per heavy atom. The van der Waals surface area contributed by atoms with Crippen molar-refractivity contribution >= 4 is 23.2 Å². The third-order valence-electron chi connectivity index (χ3n) is 14.7. The highest BCUT2D eigenvalue weighted by atomic mass is 16.5. The number of anilines is 2. The SMILES string of the molecule is O=C1Nc2c(OC3CCN(CC4CCC5(C4)C(=O)Nc4c(C6CC6)cc(-c6ccnn6-c6ccccc6)cc45)C3)cc(-c3ccnn3-c3ccccc3)cc2C12CCCC2. The molecule has 6 aliphatic rings. The number of ether oxygens (including phenoxy) is 1.